The fraction of sp³-hybridized carbons (Fsp3) is 0.250. The molecule has 0 amide bonds. The number of rotatable bonds is 3. The van der Waals surface area contributed by atoms with Crippen LogP contribution in [0.3, 0.4) is 0 Å². The summed E-state index contributed by atoms with van der Waals surface area (Å²) in [5.74, 6) is 1.72. The molecule has 4 nitrogen and oxygen atoms in total. The minimum atomic E-state index is -0.231. The van der Waals surface area contributed by atoms with Crippen LogP contribution in [0.2, 0.25) is 0 Å². The maximum absolute atomic E-state index is 5.78. The lowest BCUT2D eigenvalue weighted by atomic mass is 9.83. The van der Waals surface area contributed by atoms with Gasteiger partial charge in [-0.25, -0.2) is 4.98 Å². The van der Waals surface area contributed by atoms with Gasteiger partial charge in [0.2, 0.25) is 0 Å². The summed E-state index contributed by atoms with van der Waals surface area (Å²) in [5, 5.41) is 6.59. The van der Waals surface area contributed by atoms with E-state index in [2.05, 4.69) is 31.1 Å². The molecule has 0 fully saturated rings. The molecule has 2 N–H and O–H groups in total. The molecule has 0 unspecified atom stereocenters. The van der Waals surface area contributed by atoms with E-state index in [1.54, 1.807) is 11.3 Å². The van der Waals surface area contributed by atoms with Crippen molar-refractivity contribution in [2.75, 3.05) is 5.73 Å². The molecule has 0 saturated carbocycles. The Morgan fingerprint density at radius 1 is 1.14 bits per heavy atom. The number of nitrogen functional groups attached to an aromatic ring is 1. The summed E-state index contributed by atoms with van der Waals surface area (Å²) in [7, 11) is 1.94. The van der Waals surface area contributed by atoms with Crippen molar-refractivity contribution in [2.45, 2.75) is 19.3 Å². The number of nitrogens with zero attached hydrogens (tertiary/aromatic N) is 3. The van der Waals surface area contributed by atoms with Gasteiger partial charge in [0, 0.05) is 18.2 Å². The lowest BCUT2D eigenvalue weighted by molar-refractivity contribution is 0.542. The minimum Gasteiger partial charge on any atom is -0.399 e. The van der Waals surface area contributed by atoms with Crippen molar-refractivity contribution in [1.82, 2.24) is 14.8 Å². The minimum absolute atomic E-state index is 0.231. The highest BCUT2D eigenvalue weighted by molar-refractivity contribution is 7.13. The monoisotopic (exact) mass is 298 g/mol. The molecule has 0 saturated heterocycles. The van der Waals surface area contributed by atoms with Gasteiger partial charge in [-0.05, 0) is 43.0 Å². The molecule has 3 rings (SSSR count). The lowest BCUT2D eigenvalue weighted by Gasteiger charge is -2.24. The van der Waals surface area contributed by atoms with E-state index in [0.717, 1.165) is 22.2 Å². The average molecular weight is 298 g/mol. The van der Waals surface area contributed by atoms with Crippen LogP contribution in [-0.2, 0) is 12.5 Å². The van der Waals surface area contributed by atoms with Gasteiger partial charge in [0.1, 0.15) is 5.82 Å². The first-order valence-electron chi connectivity index (χ1n) is 6.80. The Hall–Kier alpha value is -2.14. The van der Waals surface area contributed by atoms with Gasteiger partial charge in [0.25, 0.3) is 0 Å². The van der Waals surface area contributed by atoms with Crippen LogP contribution in [0.25, 0.3) is 10.7 Å². The zero-order valence-electron chi connectivity index (χ0n) is 12.4. The van der Waals surface area contributed by atoms with Crippen molar-refractivity contribution < 1.29 is 0 Å². The predicted octanol–water partition coefficient (Wildman–Crippen LogP) is 3.45. The van der Waals surface area contributed by atoms with Crippen LogP contribution in [0.1, 0.15) is 25.2 Å². The topological polar surface area (TPSA) is 56.7 Å². The first-order chi connectivity index (χ1) is 9.98. The third-order valence-electron chi connectivity index (χ3n) is 3.70. The number of thiophene rings is 1. The SMILES string of the molecule is Cn1nc(-c2cccs2)nc1C(C)(C)c1ccc(N)cc1. The zero-order chi connectivity index (χ0) is 15.0. The molecule has 2 heterocycles. The number of nitrogens with two attached hydrogens (primary N) is 1. The van der Waals surface area contributed by atoms with Crippen LogP contribution in [0.15, 0.2) is 41.8 Å². The van der Waals surface area contributed by atoms with Gasteiger partial charge in [-0.3, -0.25) is 4.68 Å². The molecule has 5 heteroatoms. The number of hydrogen-bond donors (Lipinski definition) is 1. The molecule has 0 radical (unpaired) electrons. The van der Waals surface area contributed by atoms with Crippen molar-refractivity contribution in [3.63, 3.8) is 0 Å². The second kappa shape index (κ2) is 5.00. The quantitative estimate of drug-likeness (QED) is 0.753. The Morgan fingerprint density at radius 3 is 2.48 bits per heavy atom. The fourth-order valence-corrected chi connectivity index (χ4v) is 3.12. The van der Waals surface area contributed by atoms with Gasteiger partial charge < -0.3 is 5.73 Å². The Morgan fingerprint density at radius 2 is 1.86 bits per heavy atom. The molecule has 21 heavy (non-hydrogen) atoms. The van der Waals surface area contributed by atoms with Crippen molar-refractivity contribution >= 4 is 17.0 Å². The summed E-state index contributed by atoms with van der Waals surface area (Å²) in [6.07, 6.45) is 0. The molecule has 0 atom stereocenters. The molecule has 1 aromatic carbocycles. The summed E-state index contributed by atoms with van der Waals surface area (Å²) in [6, 6.07) is 12.0. The fourth-order valence-electron chi connectivity index (χ4n) is 2.47. The third-order valence-corrected chi connectivity index (χ3v) is 4.56. The van der Waals surface area contributed by atoms with Crippen LogP contribution < -0.4 is 5.73 Å². The van der Waals surface area contributed by atoms with Gasteiger partial charge in [-0.1, -0.05) is 18.2 Å². The summed E-state index contributed by atoms with van der Waals surface area (Å²) >= 11 is 1.65. The second-order valence-electron chi connectivity index (χ2n) is 5.61. The smallest absolute Gasteiger partial charge is 0.191 e. The molecule has 0 aliphatic heterocycles. The van der Waals surface area contributed by atoms with Crippen molar-refractivity contribution in [1.29, 1.82) is 0 Å². The largest absolute Gasteiger partial charge is 0.399 e. The van der Waals surface area contributed by atoms with Crippen LogP contribution >= 0.6 is 11.3 Å². The maximum Gasteiger partial charge on any atom is 0.191 e. The molecular formula is C16H18N4S. The van der Waals surface area contributed by atoms with Crippen molar-refractivity contribution in [3.8, 4) is 10.7 Å². The summed E-state index contributed by atoms with van der Waals surface area (Å²) in [6.45, 7) is 4.31. The van der Waals surface area contributed by atoms with E-state index in [1.807, 2.05) is 41.4 Å². The standard InChI is InChI=1S/C16H18N4S/c1-16(2,11-6-8-12(17)9-7-11)15-18-14(19-20(15)3)13-5-4-10-21-13/h4-10H,17H2,1-3H3. The van der Waals surface area contributed by atoms with E-state index in [9.17, 15) is 0 Å². The Labute approximate surface area is 128 Å². The molecule has 0 aliphatic carbocycles. The molecule has 108 valence electrons. The summed E-state index contributed by atoms with van der Waals surface area (Å²) < 4.78 is 1.87. The molecule has 2 aromatic heterocycles. The maximum atomic E-state index is 5.78. The first-order valence-corrected chi connectivity index (χ1v) is 7.68. The summed E-state index contributed by atoms with van der Waals surface area (Å²) in [5.41, 5.74) is 7.49. The van der Waals surface area contributed by atoms with Gasteiger partial charge >= 0.3 is 0 Å². The Balaban J connectivity index is 2.04. The zero-order valence-corrected chi connectivity index (χ0v) is 13.2. The number of aromatic nitrogens is 3. The van der Waals surface area contributed by atoms with Gasteiger partial charge in [0.05, 0.1) is 4.88 Å². The Kier molecular flexibility index (Phi) is 3.29. The molecule has 0 aliphatic rings. The van der Waals surface area contributed by atoms with E-state index in [1.165, 1.54) is 5.56 Å². The van der Waals surface area contributed by atoms with Crippen LogP contribution in [0, 0.1) is 0 Å². The van der Waals surface area contributed by atoms with E-state index in [4.69, 9.17) is 10.7 Å². The molecule has 0 bridgehead atoms. The van der Waals surface area contributed by atoms with Crippen molar-refractivity contribution in [3.05, 3.63) is 53.2 Å². The highest BCUT2D eigenvalue weighted by atomic mass is 32.1. The predicted molar refractivity (Wildman–Crippen MR) is 87.3 cm³/mol. The van der Waals surface area contributed by atoms with E-state index in [-0.39, 0.29) is 5.41 Å². The van der Waals surface area contributed by atoms with Crippen LogP contribution in [0.5, 0.6) is 0 Å². The number of aryl methyl sites for hydroxylation is 1. The van der Waals surface area contributed by atoms with Gasteiger partial charge in [0.15, 0.2) is 5.82 Å². The van der Waals surface area contributed by atoms with E-state index in [0.29, 0.717) is 0 Å². The Bertz CT molecular complexity index is 739. The summed E-state index contributed by atoms with van der Waals surface area (Å²) in [4.78, 5) is 5.84. The second-order valence-corrected chi connectivity index (χ2v) is 6.55. The number of hydrogen-bond acceptors (Lipinski definition) is 4. The lowest BCUT2D eigenvalue weighted by Crippen LogP contribution is -2.23. The van der Waals surface area contributed by atoms with Crippen molar-refractivity contribution in [2.24, 2.45) is 7.05 Å². The molecular weight excluding hydrogens is 280 g/mol. The van der Waals surface area contributed by atoms with E-state index < -0.39 is 0 Å². The molecule has 0 spiro atoms. The van der Waals surface area contributed by atoms with Crippen LogP contribution in [-0.4, -0.2) is 14.8 Å². The third kappa shape index (κ3) is 2.45. The number of benzene rings is 1. The molecule has 3 aromatic rings. The average Bonchev–Trinajstić information content (AvgIpc) is 3.08. The van der Waals surface area contributed by atoms with Crippen LogP contribution in [0.4, 0.5) is 5.69 Å². The van der Waals surface area contributed by atoms with Gasteiger partial charge in [-0.15, -0.1) is 11.3 Å². The van der Waals surface area contributed by atoms with Gasteiger partial charge in [-0.2, -0.15) is 5.10 Å². The number of anilines is 1. The highest BCUT2D eigenvalue weighted by Gasteiger charge is 2.29. The first kappa shape index (κ1) is 13.8. The normalized spacial score (nSPS) is 11.8. The van der Waals surface area contributed by atoms with E-state index >= 15 is 0 Å². The highest BCUT2D eigenvalue weighted by Crippen LogP contribution is 2.32.